The molecule has 7 nitrogen and oxygen atoms in total. The number of hydrogen-bond donors (Lipinski definition) is 1. The Hall–Kier alpha value is -3.61. The molecule has 148 valence electrons. The summed E-state index contributed by atoms with van der Waals surface area (Å²) in [5.74, 6) is 1.00. The number of rotatable bonds is 4. The monoisotopic (exact) mass is 391 g/mol. The Morgan fingerprint density at radius 2 is 1.79 bits per heavy atom. The van der Waals surface area contributed by atoms with Crippen LogP contribution in [0.1, 0.15) is 11.1 Å². The van der Waals surface area contributed by atoms with Gasteiger partial charge in [-0.1, -0.05) is 6.07 Å². The molecule has 2 aromatic carbocycles. The minimum atomic E-state index is -0.346. The zero-order valence-corrected chi connectivity index (χ0v) is 16.3. The van der Waals surface area contributed by atoms with Crippen LogP contribution in [0.3, 0.4) is 0 Å². The average Bonchev–Trinajstić information content (AvgIpc) is 2.72. The molecule has 7 heteroatoms. The molecule has 0 saturated heterocycles. The van der Waals surface area contributed by atoms with Crippen molar-refractivity contribution in [3.8, 4) is 22.8 Å². The van der Waals surface area contributed by atoms with E-state index in [0.29, 0.717) is 36.1 Å². The molecule has 3 aromatic rings. The van der Waals surface area contributed by atoms with Crippen LogP contribution in [0, 0.1) is 13.8 Å². The summed E-state index contributed by atoms with van der Waals surface area (Å²) in [5.41, 5.74) is 3.92. The number of benzene rings is 2. The van der Waals surface area contributed by atoms with Crippen molar-refractivity contribution < 1.29 is 14.3 Å². The molecule has 1 aliphatic rings. The van der Waals surface area contributed by atoms with Gasteiger partial charge in [-0.05, 0) is 61.4 Å². The molecule has 1 N–H and O–H groups in total. The number of carbonyl (C=O) groups excluding carboxylic acids is 1. The molecule has 1 aliphatic heterocycles. The Balaban J connectivity index is 1.54. The molecule has 0 saturated carbocycles. The molecular formula is C22H21N3O4. The summed E-state index contributed by atoms with van der Waals surface area (Å²) >= 11 is 0. The van der Waals surface area contributed by atoms with Crippen LogP contribution in [0.15, 0.2) is 53.3 Å². The number of ether oxygens (including phenoxy) is 2. The van der Waals surface area contributed by atoms with E-state index in [1.165, 1.54) is 6.07 Å². The van der Waals surface area contributed by atoms with E-state index in [0.717, 1.165) is 21.4 Å². The van der Waals surface area contributed by atoms with Gasteiger partial charge in [0.1, 0.15) is 19.8 Å². The topological polar surface area (TPSA) is 82.5 Å². The van der Waals surface area contributed by atoms with Gasteiger partial charge >= 0.3 is 0 Å². The van der Waals surface area contributed by atoms with E-state index in [9.17, 15) is 9.59 Å². The Labute approximate surface area is 167 Å². The van der Waals surface area contributed by atoms with Gasteiger partial charge in [0.05, 0.1) is 5.69 Å². The molecule has 1 aromatic heterocycles. The molecular weight excluding hydrogens is 370 g/mol. The van der Waals surface area contributed by atoms with Crippen LogP contribution in [0.4, 0.5) is 5.69 Å². The van der Waals surface area contributed by atoms with E-state index in [2.05, 4.69) is 10.4 Å². The fraction of sp³-hybridized carbons (Fsp3) is 0.227. The first kappa shape index (κ1) is 18.7. The quantitative estimate of drug-likeness (QED) is 0.739. The van der Waals surface area contributed by atoms with Crippen molar-refractivity contribution in [2.24, 2.45) is 0 Å². The number of carbonyl (C=O) groups is 1. The first-order valence-corrected chi connectivity index (χ1v) is 9.35. The fourth-order valence-electron chi connectivity index (χ4n) is 3.07. The van der Waals surface area contributed by atoms with Gasteiger partial charge in [0.25, 0.3) is 5.56 Å². The summed E-state index contributed by atoms with van der Waals surface area (Å²) in [6.07, 6.45) is 0. The molecule has 1 amide bonds. The summed E-state index contributed by atoms with van der Waals surface area (Å²) in [6.45, 7) is 4.82. The molecule has 2 heterocycles. The van der Waals surface area contributed by atoms with Crippen LogP contribution in [-0.4, -0.2) is 28.9 Å². The normalized spacial score (nSPS) is 12.5. The number of hydrogen-bond acceptors (Lipinski definition) is 5. The van der Waals surface area contributed by atoms with Crippen LogP contribution in [-0.2, 0) is 11.3 Å². The summed E-state index contributed by atoms with van der Waals surface area (Å²) in [5, 5.41) is 7.16. The third kappa shape index (κ3) is 4.13. The third-order valence-electron chi connectivity index (χ3n) is 4.79. The average molecular weight is 391 g/mol. The minimum Gasteiger partial charge on any atom is -0.486 e. The lowest BCUT2D eigenvalue weighted by Crippen LogP contribution is -2.29. The van der Waals surface area contributed by atoms with E-state index in [1.54, 1.807) is 6.07 Å². The van der Waals surface area contributed by atoms with E-state index in [-0.39, 0.29) is 18.0 Å². The molecule has 4 rings (SSSR count). The lowest BCUT2D eigenvalue weighted by molar-refractivity contribution is -0.117. The van der Waals surface area contributed by atoms with Crippen molar-refractivity contribution in [1.29, 1.82) is 0 Å². The van der Waals surface area contributed by atoms with Crippen LogP contribution in [0.2, 0.25) is 0 Å². The van der Waals surface area contributed by atoms with E-state index in [1.807, 2.05) is 50.2 Å². The van der Waals surface area contributed by atoms with Gasteiger partial charge in [0.15, 0.2) is 11.5 Å². The van der Waals surface area contributed by atoms with E-state index < -0.39 is 0 Å². The molecule has 0 bridgehead atoms. The second-order valence-corrected chi connectivity index (χ2v) is 6.92. The number of nitrogens with one attached hydrogen (secondary N) is 1. The number of aromatic nitrogens is 2. The van der Waals surface area contributed by atoms with Gasteiger partial charge in [-0.3, -0.25) is 9.59 Å². The van der Waals surface area contributed by atoms with Gasteiger partial charge in [0, 0.05) is 17.3 Å². The maximum atomic E-state index is 12.4. The van der Waals surface area contributed by atoms with Gasteiger partial charge < -0.3 is 14.8 Å². The zero-order chi connectivity index (χ0) is 20.4. The summed E-state index contributed by atoms with van der Waals surface area (Å²) in [6, 6.07) is 14.2. The molecule has 0 aliphatic carbocycles. The van der Waals surface area contributed by atoms with Crippen molar-refractivity contribution in [2.75, 3.05) is 18.5 Å². The predicted molar refractivity (Wildman–Crippen MR) is 109 cm³/mol. The Morgan fingerprint density at radius 1 is 1.00 bits per heavy atom. The van der Waals surface area contributed by atoms with E-state index in [4.69, 9.17) is 9.47 Å². The van der Waals surface area contributed by atoms with Crippen LogP contribution >= 0.6 is 0 Å². The Bertz CT molecular complexity index is 1140. The van der Waals surface area contributed by atoms with Crippen molar-refractivity contribution in [3.63, 3.8) is 0 Å². The summed E-state index contributed by atoms with van der Waals surface area (Å²) in [4.78, 5) is 24.6. The van der Waals surface area contributed by atoms with Crippen molar-refractivity contribution >= 4 is 11.6 Å². The first-order valence-electron chi connectivity index (χ1n) is 9.35. The van der Waals surface area contributed by atoms with Gasteiger partial charge in [0.2, 0.25) is 5.91 Å². The van der Waals surface area contributed by atoms with Crippen LogP contribution < -0.4 is 20.3 Å². The molecule has 29 heavy (non-hydrogen) atoms. The summed E-state index contributed by atoms with van der Waals surface area (Å²) < 4.78 is 12.3. The lowest BCUT2D eigenvalue weighted by Gasteiger charge is -2.18. The third-order valence-corrected chi connectivity index (χ3v) is 4.79. The largest absolute Gasteiger partial charge is 0.486 e. The standard InChI is InChI=1S/C22H21N3O4/c1-14-3-5-17(11-15(14)2)23-21(26)13-25-22(27)8-6-18(24-25)16-4-7-19-20(12-16)29-10-9-28-19/h3-8,11-12H,9-10,13H2,1-2H3,(H,23,26). The first-order chi connectivity index (χ1) is 14.0. The Morgan fingerprint density at radius 3 is 2.59 bits per heavy atom. The highest BCUT2D eigenvalue weighted by Crippen LogP contribution is 2.33. The van der Waals surface area contributed by atoms with Gasteiger partial charge in [-0.25, -0.2) is 4.68 Å². The molecule has 0 spiro atoms. The van der Waals surface area contributed by atoms with Crippen molar-refractivity contribution in [2.45, 2.75) is 20.4 Å². The number of fused-ring (bicyclic) bond motifs is 1. The van der Waals surface area contributed by atoms with Gasteiger partial charge in [-0.15, -0.1) is 0 Å². The van der Waals surface area contributed by atoms with Crippen molar-refractivity contribution in [1.82, 2.24) is 9.78 Å². The number of anilines is 1. The zero-order valence-electron chi connectivity index (χ0n) is 16.3. The Kier molecular flexibility index (Phi) is 5.03. The second-order valence-electron chi connectivity index (χ2n) is 6.92. The molecule has 0 unspecified atom stereocenters. The van der Waals surface area contributed by atoms with Crippen molar-refractivity contribution in [3.05, 3.63) is 70.0 Å². The molecule has 0 atom stereocenters. The highest BCUT2D eigenvalue weighted by molar-refractivity contribution is 5.90. The molecule has 0 fully saturated rings. The lowest BCUT2D eigenvalue weighted by atomic mass is 10.1. The fourth-order valence-corrected chi connectivity index (χ4v) is 3.07. The highest BCUT2D eigenvalue weighted by Gasteiger charge is 2.14. The highest BCUT2D eigenvalue weighted by atomic mass is 16.6. The predicted octanol–water partition coefficient (Wildman–Crippen LogP) is 2.94. The minimum absolute atomic E-state index is 0.176. The molecule has 0 radical (unpaired) electrons. The number of nitrogens with zero attached hydrogens (tertiary/aromatic N) is 2. The summed E-state index contributed by atoms with van der Waals surface area (Å²) in [7, 11) is 0. The maximum absolute atomic E-state index is 12.4. The maximum Gasteiger partial charge on any atom is 0.267 e. The van der Waals surface area contributed by atoms with Crippen LogP contribution in [0.5, 0.6) is 11.5 Å². The number of amides is 1. The number of aryl methyl sites for hydroxylation is 2. The van der Waals surface area contributed by atoms with E-state index >= 15 is 0 Å². The van der Waals surface area contributed by atoms with Gasteiger partial charge in [-0.2, -0.15) is 5.10 Å². The smallest absolute Gasteiger partial charge is 0.267 e. The SMILES string of the molecule is Cc1ccc(NC(=O)Cn2nc(-c3ccc4c(c3)OCCO4)ccc2=O)cc1C. The second kappa shape index (κ2) is 7.79. The van der Waals surface area contributed by atoms with Crippen LogP contribution in [0.25, 0.3) is 11.3 Å².